The number of pyridine rings is 1. The molecule has 3 heterocycles. The molecule has 2 aromatic heterocycles. The van der Waals surface area contributed by atoms with E-state index in [4.69, 9.17) is 12.2 Å². The maximum absolute atomic E-state index is 12.5. The van der Waals surface area contributed by atoms with Gasteiger partial charge in [0.25, 0.3) is 5.56 Å². The van der Waals surface area contributed by atoms with Crippen LogP contribution in [0.3, 0.4) is 0 Å². The summed E-state index contributed by atoms with van der Waals surface area (Å²) in [5.74, 6) is 0.809. The van der Waals surface area contributed by atoms with Crippen molar-refractivity contribution in [3.05, 3.63) is 86.7 Å². The van der Waals surface area contributed by atoms with Gasteiger partial charge in [0, 0.05) is 25.5 Å². The molecule has 4 rings (SSSR count). The molecule has 1 aromatic carbocycles. The normalized spacial score (nSPS) is 13.8. The summed E-state index contributed by atoms with van der Waals surface area (Å²) in [4.78, 5) is 21.7. The molecule has 2 N–H and O–H groups in total. The van der Waals surface area contributed by atoms with E-state index >= 15 is 0 Å². The number of benzene rings is 1. The summed E-state index contributed by atoms with van der Waals surface area (Å²) >= 11 is 5.40. The first-order valence-corrected chi connectivity index (χ1v) is 9.36. The zero-order valence-electron chi connectivity index (χ0n) is 14.9. The van der Waals surface area contributed by atoms with E-state index in [1.807, 2.05) is 29.0 Å². The summed E-state index contributed by atoms with van der Waals surface area (Å²) in [5, 5.41) is 3.40. The third-order valence-electron chi connectivity index (χ3n) is 4.77. The zero-order valence-corrected chi connectivity index (χ0v) is 15.7. The molecule has 0 radical (unpaired) electrons. The maximum Gasteiger partial charge on any atom is 0.258 e. The van der Waals surface area contributed by atoms with Crippen molar-refractivity contribution >= 4 is 18.0 Å². The number of nitrogens with zero attached hydrogens (tertiary/aromatic N) is 3. The van der Waals surface area contributed by atoms with Crippen molar-refractivity contribution in [2.24, 2.45) is 0 Å². The monoisotopic (exact) mass is 379 g/mol. The minimum Gasteiger partial charge on any atom is -0.358 e. The van der Waals surface area contributed by atoms with Crippen molar-refractivity contribution < 1.29 is 0 Å². The fourth-order valence-corrected chi connectivity index (χ4v) is 3.59. The first kappa shape index (κ1) is 17.6. The van der Waals surface area contributed by atoms with Crippen molar-refractivity contribution in [2.75, 3.05) is 18.5 Å². The molecule has 1 aliphatic rings. The van der Waals surface area contributed by atoms with Crippen LogP contribution in [-0.4, -0.2) is 32.6 Å². The van der Waals surface area contributed by atoms with Gasteiger partial charge in [0.1, 0.15) is 5.82 Å². The first-order chi connectivity index (χ1) is 13.2. The Morgan fingerprint density at radius 3 is 2.70 bits per heavy atom. The molecule has 0 atom stereocenters. The molecule has 0 bridgehead atoms. The lowest BCUT2D eigenvalue weighted by molar-refractivity contribution is 0.275. The minimum atomic E-state index is -0.116. The zero-order chi connectivity index (χ0) is 18.6. The Balaban J connectivity index is 1.55. The average Bonchev–Trinajstić information content (AvgIpc) is 2.71. The van der Waals surface area contributed by atoms with Gasteiger partial charge in [0.15, 0.2) is 4.77 Å². The van der Waals surface area contributed by atoms with Crippen LogP contribution in [0.4, 0.5) is 5.82 Å². The Kier molecular flexibility index (Phi) is 5.13. The van der Waals surface area contributed by atoms with E-state index in [0.717, 1.165) is 29.9 Å². The van der Waals surface area contributed by atoms with Gasteiger partial charge in [-0.25, -0.2) is 0 Å². The topological polar surface area (TPSA) is 66.0 Å². The van der Waals surface area contributed by atoms with Crippen LogP contribution in [-0.2, 0) is 19.5 Å². The van der Waals surface area contributed by atoms with Gasteiger partial charge in [-0.3, -0.25) is 19.7 Å². The standard InChI is InChI=1S/C20H21N5OS/c26-19-17-13-24(10-8-15-5-2-1-3-6-15)14-22-18(17)25(20(27)23-19)12-16-7-4-9-21-11-16/h1-7,9,11,22H,8,10,12-14H2,(H,23,26,27). The molecular formula is C20H21N5OS. The smallest absolute Gasteiger partial charge is 0.258 e. The van der Waals surface area contributed by atoms with Crippen LogP contribution in [0.5, 0.6) is 0 Å². The van der Waals surface area contributed by atoms with Gasteiger partial charge in [-0.2, -0.15) is 0 Å². The molecule has 0 amide bonds. The van der Waals surface area contributed by atoms with Crippen molar-refractivity contribution in [3.8, 4) is 0 Å². The third-order valence-corrected chi connectivity index (χ3v) is 5.09. The van der Waals surface area contributed by atoms with E-state index in [-0.39, 0.29) is 5.56 Å². The molecule has 1 aliphatic heterocycles. The van der Waals surface area contributed by atoms with Gasteiger partial charge in [0.2, 0.25) is 0 Å². The Bertz CT molecular complexity index is 1030. The van der Waals surface area contributed by atoms with Crippen LogP contribution in [0.2, 0.25) is 0 Å². The van der Waals surface area contributed by atoms with E-state index in [2.05, 4.69) is 44.5 Å². The van der Waals surface area contributed by atoms with Gasteiger partial charge in [0.05, 0.1) is 18.8 Å². The molecule has 0 fully saturated rings. The number of aromatic nitrogens is 3. The molecule has 6 nitrogen and oxygen atoms in total. The van der Waals surface area contributed by atoms with Crippen LogP contribution in [0.15, 0.2) is 59.7 Å². The van der Waals surface area contributed by atoms with Gasteiger partial charge in [-0.15, -0.1) is 0 Å². The van der Waals surface area contributed by atoms with Crippen LogP contribution in [0.1, 0.15) is 16.7 Å². The number of nitrogens with one attached hydrogen (secondary N) is 2. The highest BCUT2D eigenvalue weighted by atomic mass is 32.1. The predicted molar refractivity (Wildman–Crippen MR) is 108 cm³/mol. The lowest BCUT2D eigenvalue weighted by atomic mass is 10.1. The third kappa shape index (κ3) is 3.99. The fraction of sp³-hybridized carbons (Fsp3) is 0.250. The number of hydrogen-bond acceptors (Lipinski definition) is 5. The van der Waals surface area contributed by atoms with Crippen molar-refractivity contribution in [1.82, 2.24) is 19.4 Å². The van der Waals surface area contributed by atoms with Crippen LogP contribution in [0, 0.1) is 4.77 Å². The van der Waals surface area contributed by atoms with Crippen LogP contribution in [0.25, 0.3) is 0 Å². The molecule has 0 unspecified atom stereocenters. The highest BCUT2D eigenvalue weighted by Gasteiger charge is 2.21. The summed E-state index contributed by atoms with van der Waals surface area (Å²) in [6.45, 7) is 2.75. The first-order valence-electron chi connectivity index (χ1n) is 8.96. The molecule has 0 spiro atoms. The van der Waals surface area contributed by atoms with Crippen molar-refractivity contribution in [3.63, 3.8) is 0 Å². The second-order valence-corrected chi connectivity index (χ2v) is 7.04. The molecule has 138 valence electrons. The van der Waals surface area contributed by atoms with Crippen LogP contribution < -0.4 is 10.9 Å². The number of fused-ring (bicyclic) bond motifs is 1. The SMILES string of the molecule is O=c1[nH]c(=S)n(Cc2cccnc2)c2c1CN(CCc1ccccc1)CN2. The minimum absolute atomic E-state index is 0.116. The van der Waals surface area contributed by atoms with Gasteiger partial charge < -0.3 is 9.88 Å². The lowest BCUT2D eigenvalue weighted by Gasteiger charge is -2.31. The van der Waals surface area contributed by atoms with Crippen molar-refractivity contribution in [2.45, 2.75) is 19.5 Å². The Morgan fingerprint density at radius 2 is 1.93 bits per heavy atom. The molecule has 3 aromatic rings. The molecule has 27 heavy (non-hydrogen) atoms. The van der Waals surface area contributed by atoms with E-state index in [1.54, 1.807) is 6.20 Å². The summed E-state index contributed by atoms with van der Waals surface area (Å²) in [7, 11) is 0. The second-order valence-electron chi connectivity index (χ2n) is 6.66. The summed E-state index contributed by atoms with van der Waals surface area (Å²) < 4.78 is 2.37. The number of H-pyrrole nitrogens is 1. The van der Waals surface area contributed by atoms with E-state index in [9.17, 15) is 4.79 Å². The Hall–Kier alpha value is -2.77. The quantitative estimate of drug-likeness (QED) is 0.668. The van der Waals surface area contributed by atoms with E-state index in [1.165, 1.54) is 5.56 Å². The number of rotatable bonds is 5. The van der Waals surface area contributed by atoms with E-state index in [0.29, 0.717) is 24.5 Å². The molecule has 7 heteroatoms. The maximum atomic E-state index is 12.5. The molecular weight excluding hydrogens is 358 g/mol. The molecule has 0 aliphatic carbocycles. The molecule has 0 saturated heterocycles. The Morgan fingerprint density at radius 1 is 1.11 bits per heavy atom. The van der Waals surface area contributed by atoms with E-state index < -0.39 is 0 Å². The van der Waals surface area contributed by atoms with Gasteiger partial charge >= 0.3 is 0 Å². The second kappa shape index (κ2) is 7.85. The number of aromatic amines is 1. The van der Waals surface area contributed by atoms with Gasteiger partial charge in [-0.05, 0) is 35.8 Å². The van der Waals surface area contributed by atoms with Gasteiger partial charge in [-0.1, -0.05) is 36.4 Å². The lowest BCUT2D eigenvalue weighted by Crippen LogP contribution is -2.40. The predicted octanol–water partition coefficient (Wildman–Crippen LogP) is 2.78. The molecule has 0 saturated carbocycles. The summed E-state index contributed by atoms with van der Waals surface area (Å²) in [5.41, 5.74) is 2.95. The summed E-state index contributed by atoms with van der Waals surface area (Å²) in [6.07, 6.45) is 4.51. The number of hydrogen-bond donors (Lipinski definition) is 2. The highest BCUT2D eigenvalue weighted by molar-refractivity contribution is 7.71. The van der Waals surface area contributed by atoms with Crippen LogP contribution >= 0.6 is 12.2 Å². The fourth-order valence-electron chi connectivity index (χ4n) is 3.34. The summed E-state index contributed by atoms with van der Waals surface area (Å²) in [6, 6.07) is 14.3. The van der Waals surface area contributed by atoms with Crippen molar-refractivity contribution in [1.29, 1.82) is 0 Å². The Labute approximate surface area is 162 Å². The average molecular weight is 379 g/mol. The highest BCUT2D eigenvalue weighted by Crippen LogP contribution is 2.20. The number of anilines is 1. The largest absolute Gasteiger partial charge is 0.358 e.